The van der Waals surface area contributed by atoms with Gasteiger partial charge in [0.1, 0.15) is 5.15 Å². The van der Waals surface area contributed by atoms with Gasteiger partial charge in [-0.25, -0.2) is 4.79 Å². The lowest BCUT2D eigenvalue weighted by atomic mass is 10.1. The average molecular weight is 273 g/mol. The Bertz CT molecular complexity index is 503. The minimum absolute atomic E-state index is 0.172. The van der Waals surface area contributed by atoms with E-state index < -0.39 is 5.69 Å². The number of nitrogens with zero attached hydrogens (tertiary/aromatic N) is 1. The van der Waals surface area contributed by atoms with Gasteiger partial charge in [0.15, 0.2) is 0 Å². The van der Waals surface area contributed by atoms with Crippen LogP contribution >= 0.6 is 11.6 Å². The van der Waals surface area contributed by atoms with Gasteiger partial charge in [-0.05, 0) is 18.8 Å². The molecule has 0 spiro atoms. The summed E-state index contributed by atoms with van der Waals surface area (Å²) in [4.78, 5) is 26.2. The Labute approximate surface area is 112 Å². The fourth-order valence-corrected chi connectivity index (χ4v) is 2.21. The molecule has 1 aromatic rings. The van der Waals surface area contributed by atoms with Crippen molar-refractivity contribution in [3.63, 3.8) is 0 Å². The maximum atomic E-state index is 12.0. The van der Waals surface area contributed by atoms with Crippen LogP contribution in [0.4, 0.5) is 0 Å². The molecule has 1 aromatic heterocycles. The molecule has 102 valence electrons. The highest BCUT2D eigenvalue weighted by molar-refractivity contribution is 6.30. The first-order chi connectivity index (χ1) is 8.47. The third-order valence-electron chi connectivity index (χ3n) is 3.00. The van der Waals surface area contributed by atoms with Crippen molar-refractivity contribution in [2.45, 2.75) is 53.0 Å². The molecule has 18 heavy (non-hydrogen) atoms. The van der Waals surface area contributed by atoms with Crippen molar-refractivity contribution in [3.05, 3.63) is 31.6 Å². The molecule has 0 bridgehead atoms. The van der Waals surface area contributed by atoms with E-state index in [9.17, 15) is 9.59 Å². The summed E-state index contributed by atoms with van der Waals surface area (Å²) in [5, 5.41) is 0.172. The maximum absolute atomic E-state index is 12.0. The van der Waals surface area contributed by atoms with E-state index in [4.69, 9.17) is 11.6 Å². The topological polar surface area (TPSA) is 54.9 Å². The first kappa shape index (κ1) is 15.0. The standard InChI is InChI=1S/C13H21ClN2O2/c1-4-10-11(14)15-13(18)16(12(10)17)8-6-5-7-9(2)3/h9H,4-8H2,1-3H3,(H,15,18). The zero-order valence-corrected chi connectivity index (χ0v) is 12.0. The summed E-state index contributed by atoms with van der Waals surface area (Å²) in [6.07, 6.45) is 3.50. The molecule has 0 fully saturated rings. The van der Waals surface area contributed by atoms with E-state index in [1.54, 1.807) is 0 Å². The van der Waals surface area contributed by atoms with Crippen LogP contribution in [-0.4, -0.2) is 9.55 Å². The molecule has 0 saturated heterocycles. The number of H-pyrrole nitrogens is 1. The zero-order chi connectivity index (χ0) is 13.7. The molecular formula is C13H21ClN2O2. The number of hydrogen-bond acceptors (Lipinski definition) is 2. The Hall–Kier alpha value is -1.03. The van der Waals surface area contributed by atoms with Crippen molar-refractivity contribution < 1.29 is 0 Å². The fraction of sp³-hybridized carbons (Fsp3) is 0.692. The average Bonchev–Trinajstić information content (AvgIpc) is 2.27. The van der Waals surface area contributed by atoms with Crippen LogP contribution in [0.1, 0.15) is 45.6 Å². The second-order valence-electron chi connectivity index (χ2n) is 4.92. The molecule has 0 aliphatic carbocycles. The SMILES string of the molecule is CCc1c(Cl)[nH]c(=O)n(CCCCC(C)C)c1=O. The van der Waals surface area contributed by atoms with Crippen LogP contribution in [-0.2, 0) is 13.0 Å². The smallest absolute Gasteiger partial charge is 0.297 e. The lowest BCUT2D eigenvalue weighted by Gasteiger charge is -2.08. The number of aromatic amines is 1. The maximum Gasteiger partial charge on any atom is 0.329 e. The van der Waals surface area contributed by atoms with E-state index in [0.717, 1.165) is 19.3 Å². The molecule has 0 unspecified atom stereocenters. The Morgan fingerprint density at radius 3 is 2.50 bits per heavy atom. The molecule has 1 rings (SSSR count). The van der Waals surface area contributed by atoms with Crippen LogP contribution in [0, 0.1) is 5.92 Å². The summed E-state index contributed by atoms with van der Waals surface area (Å²) in [7, 11) is 0. The molecular weight excluding hydrogens is 252 g/mol. The van der Waals surface area contributed by atoms with E-state index in [1.807, 2.05) is 6.92 Å². The first-order valence-corrected chi connectivity index (χ1v) is 6.86. The summed E-state index contributed by atoms with van der Waals surface area (Å²) in [6, 6.07) is 0. The van der Waals surface area contributed by atoms with E-state index in [2.05, 4.69) is 18.8 Å². The molecule has 1 heterocycles. The van der Waals surface area contributed by atoms with Gasteiger partial charge in [-0.1, -0.05) is 45.2 Å². The monoisotopic (exact) mass is 272 g/mol. The third-order valence-corrected chi connectivity index (χ3v) is 3.32. The molecule has 0 radical (unpaired) electrons. The van der Waals surface area contributed by atoms with Gasteiger partial charge in [0, 0.05) is 6.54 Å². The quantitative estimate of drug-likeness (QED) is 0.639. The van der Waals surface area contributed by atoms with Gasteiger partial charge >= 0.3 is 5.69 Å². The van der Waals surface area contributed by atoms with Gasteiger partial charge in [-0.3, -0.25) is 14.3 Å². The molecule has 5 heteroatoms. The Kier molecular flexibility index (Phi) is 5.66. The summed E-state index contributed by atoms with van der Waals surface area (Å²) in [6.45, 7) is 6.64. The van der Waals surface area contributed by atoms with Gasteiger partial charge in [0.2, 0.25) is 0 Å². The van der Waals surface area contributed by atoms with Crippen LogP contribution in [0.3, 0.4) is 0 Å². The summed E-state index contributed by atoms with van der Waals surface area (Å²) in [5.74, 6) is 0.649. The van der Waals surface area contributed by atoms with Crippen molar-refractivity contribution in [1.29, 1.82) is 0 Å². The van der Waals surface area contributed by atoms with E-state index in [1.165, 1.54) is 4.57 Å². The Balaban J connectivity index is 2.83. The highest BCUT2D eigenvalue weighted by atomic mass is 35.5. The van der Waals surface area contributed by atoms with Crippen LogP contribution < -0.4 is 11.2 Å². The number of hydrogen-bond donors (Lipinski definition) is 1. The molecule has 0 aromatic carbocycles. The molecule has 0 aliphatic heterocycles. The third kappa shape index (κ3) is 3.73. The summed E-state index contributed by atoms with van der Waals surface area (Å²) < 4.78 is 1.25. The molecule has 1 N–H and O–H groups in total. The largest absolute Gasteiger partial charge is 0.329 e. The first-order valence-electron chi connectivity index (χ1n) is 6.48. The predicted octanol–water partition coefficient (Wildman–Crippen LogP) is 2.58. The number of nitrogens with one attached hydrogen (secondary N) is 1. The second kappa shape index (κ2) is 6.78. The highest BCUT2D eigenvalue weighted by Gasteiger charge is 2.10. The van der Waals surface area contributed by atoms with E-state index in [-0.39, 0.29) is 10.7 Å². The van der Waals surface area contributed by atoms with Crippen molar-refractivity contribution in [1.82, 2.24) is 9.55 Å². The molecule has 0 atom stereocenters. The van der Waals surface area contributed by atoms with Crippen LogP contribution in [0.5, 0.6) is 0 Å². The highest BCUT2D eigenvalue weighted by Crippen LogP contribution is 2.08. The molecule has 0 saturated carbocycles. The van der Waals surface area contributed by atoms with Gasteiger partial charge in [0.25, 0.3) is 5.56 Å². The summed E-state index contributed by atoms with van der Waals surface area (Å²) >= 11 is 5.84. The van der Waals surface area contributed by atoms with Crippen molar-refractivity contribution >= 4 is 11.6 Å². The number of aromatic nitrogens is 2. The molecule has 0 amide bonds. The number of unbranched alkanes of at least 4 members (excludes halogenated alkanes) is 1. The minimum atomic E-state index is -0.410. The van der Waals surface area contributed by atoms with Gasteiger partial charge in [-0.2, -0.15) is 0 Å². The normalized spacial score (nSPS) is 11.2. The number of rotatable bonds is 6. The van der Waals surface area contributed by atoms with Gasteiger partial charge in [-0.15, -0.1) is 0 Å². The summed E-state index contributed by atoms with van der Waals surface area (Å²) in [5.41, 5.74) is -0.178. The van der Waals surface area contributed by atoms with Crippen molar-refractivity contribution in [2.75, 3.05) is 0 Å². The van der Waals surface area contributed by atoms with Crippen LogP contribution in [0.15, 0.2) is 9.59 Å². The van der Waals surface area contributed by atoms with Gasteiger partial charge < -0.3 is 0 Å². The zero-order valence-electron chi connectivity index (χ0n) is 11.3. The predicted molar refractivity (Wildman–Crippen MR) is 74.4 cm³/mol. The molecule has 0 aliphatic rings. The second-order valence-corrected chi connectivity index (χ2v) is 5.30. The van der Waals surface area contributed by atoms with Crippen molar-refractivity contribution in [3.8, 4) is 0 Å². The van der Waals surface area contributed by atoms with Crippen molar-refractivity contribution in [2.24, 2.45) is 5.92 Å². The van der Waals surface area contributed by atoms with Crippen LogP contribution in [0.2, 0.25) is 5.15 Å². The minimum Gasteiger partial charge on any atom is -0.297 e. The van der Waals surface area contributed by atoms with Crippen LogP contribution in [0.25, 0.3) is 0 Å². The lowest BCUT2D eigenvalue weighted by molar-refractivity contribution is 0.495. The van der Waals surface area contributed by atoms with E-state index in [0.29, 0.717) is 24.4 Å². The fourth-order valence-electron chi connectivity index (χ4n) is 1.92. The van der Waals surface area contributed by atoms with Gasteiger partial charge in [0.05, 0.1) is 5.56 Å². The van der Waals surface area contributed by atoms with E-state index >= 15 is 0 Å². The molecule has 4 nitrogen and oxygen atoms in total. The number of halogens is 1. The lowest BCUT2D eigenvalue weighted by Crippen LogP contribution is -2.37. The Morgan fingerprint density at radius 2 is 1.94 bits per heavy atom. The Morgan fingerprint density at radius 1 is 1.28 bits per heavy atom.